The maximum atomic E-state index is 12.5. The van der Waals surface area contributed by atoms with Crippen molar-refractivity contribution in [3.8, 4) is 11.3 Å². The van der Waals surface area contributed by atoms with Crippen molar-refractivity contribution in [2.24, 2.45) is 0 Å². The van der Waals surface area contributed by atoms with E-state index in [0.717, 1.165) is 10.0 Å². The Bertz CT molecular complexity index is 935. The Labute approximate surface area is 158 Å². The van der Waals surface area contributed by atoms with Crippen LogP contribution in [0.5, 0.6) is 0 Å². The van der Waals surface area contributed by atoms with Crippen LogP contribution >= 0.6 is 15.9 Å². The highest BCUT2D eigenvalue weighted by Gasteiger charge is 2.16. The average molecular weight is 414 g/mol. The minimum absolute atomic E-state index is 0.262. The maximum absolute atomic E-state index is 12.5. The molecule has 0 aliphatic heterocycles. The van der Waals surface area contributed by atoms with E-state index in [1.165, 1.54) is 0 Å². The number of rotatable bonds is 5. The lowest BCUT2D eigenvalue weighted by Crippen LogP contribution is -2.16. The number of amides is 1. The first kappa shape index (κ1) is 17.9. The van der Waals surface area contributed by atoms with Crippen molar-refractivity contribution in [2.45, 2.75) is 6.92 Å². The molecule has 0 saturated carbocycles. The van der Waals surface area contributed by atoms with E-state index in [9.17, 15) is 9.59 Å². The number of carbonyl (C=O) groups is 2. The molecule has 0 aliphatic rings. The van der Waals surface area contributed by atoms with Crippen LogP contribution in [0.25, 0.3) is 11.3 Å². The number of aromatic nitrogens is 2. The topological polar surface area (TPSA) is 84.1 Å². The molecule has 0 fully saturated rings. The first-order valence-corrected chi connectivity index (χ1v) is 8.76. The Morgan fingerprint density at radius 2 is 1.88 bits per heavy atom. The van der Waals surface area contributed by atoms with Crippen LogP contribution in [0, 0.1) is 0 Å². The molecule has 0 atom stereocenters. The smallest absolute Gasteiger partial charge is 0.340 e. The number of H-pyrrole nitrogens is 1. The van der Waals surface area contributed by atoms with E-state index < -0.39 is 11.9 Å². The molecule has 0 bridgehead atoms. The van der Waals surface area contributed by atoms with Gasteiger partial charge in [0, 0.05) is 10.0 Å². The summed E-state index contributed by atoms with van der Waals surface area (Å²) in [6.07, 6.45) is 0. The SMILES string of the molecule is CCOC(=O)c1ccccc1NC(=O)c1cc(-c2ccc(Br)cc2)n[nH]1. The van der Waals surface area contributed by atoms with Gasteiger partial charge in [-0.15, -0.1) is 0 Å². The van der Waals surface area contributed by atoms with E-state index in [-0.39, 0.29) is 6.61 Å². The lowest BCUT2D eigenvalue weighted by Gasteiger charge is -2.09. The van der Waals surface area contributed by atoms with Crippen LogP contribution in [0.2, 0.25) is 0 Å². The van der Waals surface area contributed by atoms with Gasteiger partial charge < -0.3 is 10.1 Å². The third-order valence-electron chi connectivity index (χ3n) is 3.63. The van der Waals surface area contributed by atoms with Crippen LogP contribution in [-0.2, 0) is 4.74 Å². The van der Waals surface area contributed by atoms with Gasteiger partial charge in [-0.05, 0) is 37.3 Å². The number of hydrogen-bond acceptors (Lipinski definition) is 4. The van der Waals surface area contributed by atoms with Crippen LogP contribution < -0.4 is 5.32 Å². The monoisotopic (exact) mass is 413 g/mol. The molecule has 0 unspecified atom stereocenters. The van der Waals surface area contributed by atoms with Crippen molar-refractivity contribution < 1.29 is 14.3 Å². The Morgan fingerprint density at radius 1 is 1.15 bits per heavy atom. The highest BCUT2D eigenvalue weighted by molar-refractivity contribution is 9.10. The second-order valence-electron chi connectivity index (χ2n) is 5.39. The molecule has 7 heteroatoms. The second-order valence-corrected chi connectivity index (χ2v) is 6.31. The number of anilines is 1. The maximum Gasteiger partial charge on any atom is 0.340 e. The van der Waals surface area contributed by atoms with Gasteiger partial charge >= 0.3 is 5.97 Å². The molecule has 1 heterocycles. The zero-order valence-electron chi connectivity index (χ0n) is 14.0. The fraction of sp³-hybridized carbons (Fsp3) is 0.105. The molecule has 0 aliphatic carbocycles. The lowest BCUT2D eigenvalue weighted by atomic mass is 10.1. The van der Waals surface area contributed by atoms with Crippen molar-refractivity contribution in [1.82, 2.24) is 10.2 Å². The van der Waals surface area contributed by atoms with Crippen LogP contribution in [0.3, 0.4) is 0 Å². The summed E-state index contributed by atoms with van der Waals surface area (Å²) in [6, 6.07) is 16.0. The first-order valence-electron chi connectivity index (χ1n) is 7.97. The van der Waals surface area contributed by atoms with Crippen LogP contribution in [0.15, 0.2) is 59.1 Å². The van der Waals surface area contributed by atoms with E-state index in [2.05, 4.69) is 31.4 Å². The number of nitrogens with zero attached hydrogens (tertiary/aromatic N) is 1. The number of ether oxygens (including phenoxy) is 1. The molecule has 2 N–H and O–H groups in total. The molecule has 26 heavy (non-hydrogen) atoms. The minimum Gasteiger partial charge on any atom is -0.462 e. The van der Waals surface area contributed by atoms with Crippen LogP contribution in [0.1, 0.15) is 27.8 Å². The number of hydrogen-bond donors (Lipinski definition) is 2. The number of esters is 1. The van der Waals surface area contributed by atoms with E-state index in [1.807, 2.05) is 24.3 Å². The Hall–Kier alpha value is -2.93. The van der Waals surface area contributed by atoms with Gasteiger partial charge in [-0.25, -0.2) is 4.79 Å². The molecule has 0 saturated heterocycles. The lowest BCUT2D eigenvalue weighted by molar-refractivity contribution is 0.0527. The highest BCUT2D eigenvalue weighted by Crippen LogP contribution is 2.22. The fourth-order valence-corrected chi connectivity index (χ4v) is 2.64. The summed E-state index contributed by atoms with van der Waals surface area (Å²) in [4.78, 5) is 24.5. The normalized spacial score (nSPS) is 10.4. The fourth-order valence-electron chi connectivity index (χ4n) is 2.38. The zero-order valence-corrected chi connectivity index (χ0v) is 15.5. The summed E-state index contributed by atoms with van der Waals surface area (Å²) in [7, 11) is 0. The summed E-state index contributed by atoms with van der Waals surface area (Å²) >= 11 is 3.38. The van der Waals surface area contributed by atoms with Crippen molar-refractivity contribution in [1.29, 1.82) is 0 Å². The van der Waals surface area contributed by atoms with E-state index in [0.29, 0.717) is 22.6 Å². The largest absolute Gasteiger partial charge is 0.462 e. The van der Waals surface area contributed by atoms with Crippen molar-refractivity contribution in [2.75, 3.05) is 11.9 Å². The van der Waals surface area contributed by atoms with E-state index in [4.69, 9.17) is 4.74 Å². The molecule has 132 valence electrons. The van der Waals surface area contributed by atoms with Crippen LogP contribution in [-0.4, -0.2) is 28.7 Å². The summed E-state index contributed by atoms with van der Waals surface area (Å²) in [5.41, 5.74) is 2.52. The number of benzene rings is 2. The molecule has 1 amide bonds. The van der Waals surface area contributed by atoms with E-state index >= 15 is 0 Å². The quantitative estimate of drug-likeness (QED) is 0.611. The molecule has 2 aromatic carbocycles. The van der Waals surface area contributed by atoms with Gasteiger partial charge in [-0.1, -0.05) is 40.2 Å². The number of para-hydroxylation sites is 1. The Morgan fingerprint density at radius 3 is 2.62 bits per heavy atom. The molecule has 3 rings (SSSR count). The average Bonchev–Trinajstić information content (AvgIpc) is 3.13. The molecule has 0 radical (unpaired) electrons. The highest BCUT2D eigenvalue weighted by atomic mass is 79.9. The van der Waals surface area contributed by atoms with Gasteiger partial charge in [0.25, 0.3) is 5.91 Å². The van der Waals surface area contributed by atoms with Gasteiger partial charge in [0.1, 0.15) is 5.69 Å². The summed E-state index contributed by atoms with van der Waals surface area (Å²) in [5.74, 6) is -0.874. The first-order chi connectivity index (χ1) is 12.6. The number of halogens is 1. The molecule has 6 nitrogen and oxygen atoms in total. The minimum atomic E-state index is -0.483. The summed E-state index contributed by atoms with van der Waals surface area (Å²) < 4.78 is 5.98. The van der Waals surface area contributed by atoms with E-state index in [1.54, 1.807) is 37.3 Å². The summed E-state index contributed by atoms with van der Waals surface area (Å²) in [5, 5.41) is 9.62. The van der Waals surface area contributed by atoms with Gasteiger partial charge in [-0.3, -0.25) is 9.89 Å². The third kappa shape index (κ3) is 4.00. The van der Waals surface area contributed by atoms with Crippen molar-refractivity contribution in [3.63, 3.8) is 0 Å². The molecule has 3 aromatic rings. The second kappa shape index (κ2) is 7.97. The van der Waals surface area contributed by atoms with Crippen LogP contribution in [0.4, 0.5) is 5.69 Å². The number of carbonyl (C=O) groups excluding carboxylic acids is 2. The number of nitrogens with one attached hydrogen (secondary N) is 2. The molecular formula is C19H16BrN3O3. The van der Waals surface area contributed by atoms with Gasteiger partial charge in [0.2, 0.25) is 0 Å². The Kier molecular flexibility index (Phi) is 5.48. The predicted octanol–water partition coefficient (Wildman–Crippen LogP) is 4.27. The van der Waals surface area contributed by atoms with Crippen molar-refractivity contribution >= 4 is 33.5 Å². The Balaban J connectivity index is 1.79. The van der Waals surface area contributed by atoms with Crippen molar-refractivity contribution in [3.05, 3.63) is 70.3 Å². The van der Waals surface area contributed by atoms with Gasteiger partial charge in [0.15, 0.2) is 0 Å². The van der Waals surface area contributed by atoms with Gasteiger partial charge in [-0.2, -0.15) is 5.10 Å². The molecule has 0 spiro atoms. The molecular weight excluding hydrogens is 398 g/mol. The van der Waals surface area contributed by atoms with Gasteiger partial charge in [0.05, 0.1) is 23.6 Å². The third-order valence-corrected chi connectivity index (χ3v) is 4.16. The summed E-state index contributed by atoms with van der Waals surface area (Å²) in [6.45, 7) is 1.99. The predicted molar refractivity (Wildman–Crippen MR) is 102 cm³/mol. The zero-order chi connectivity index (χ0) is 18.5. The standard InChI is InChI=1S/C19H16BrN3O3/c1-2-26-19(25)14-5-3-4-6-15(14)21-18(24)17-11-16(22-23-17)12-7-9-13(20)10-8-12/h3-11H,2H2,1H3,(H,21,24)(H,22,23). The number of aromatic amines is 1. The molecule has 1 aromatic heterocycles.